The second kappa shape index (κ2) is 11.9. The molecule has 0 unspecified atom stereocenters. The summed E-state index contributed by atoms with van der Waals surface area (Å²) in [4.78, 5) is 16.6. The Bertz CT molecular complexity index is 796. The quantitative estimate of drug-likeness (QED) is 0.419. The number of guanidine groups is 1. The summed E-state index contributed by atoms with van der Waals surface area (Å²) in [5, 5.41) is 13.5. The van der Waals surface area contributed by atoms with Gasteiger partial charge in [-0.15, -0.1) is 0 Å². The van der Waals surface area contributed by atoms with E-state index in [2.05, 4.69) is 39.9 Å². The molecule has 1 heterocycles. The molecule has 0 radical (unpaired) electrons. The minimum atomic E-state index is -0.0676. The molecule has 158 valence electrons. The third kappa shape index (κ3) is 6.93. The van der Waals surface area contributed by atoms with Crippen LogP contribution in [0.15, 0.2) is 39.8 Å². The monoisotopic (exact) mass is 399 g/mol. The molecule has 0 bridgehead atoms. The van der Waals surface area contributed by atoms with Crippen molar-refractivity contribution in [3.63, 3.8) is 0 Å². The van der Waals surface area contributed by atoms with Gasteiger partial charge in [0.1, 0.15) is 0 Å². The summed E-state index contributed by atoms with van der Waals surface area (Å²) in [5.41, 5.74) is 2.63. The molecule has 0 atom stereocenters. The van der Waals surface area contributed by atoms with Crippen LogP contribution >= 0.6 is 0 Å². The molecule has 0 spiro atoms. The molecule has 0 fully saturated rings. The summed E-state index contributed by atoms with van der Waals surface area (Å²) < 4.78 is 5.47. The molecule has 0 saturated carbocycles. The summed E-state index contributed by atoms with van der Waals surface area (Å²) in [5.74, 6) is 1.85. The van der Waals surface area contributed by atoms with Gasteiger partial charge in [0.15, 0.2) is 11.7 Å². The van der Waals surface area contributed by atoms with E-state index < -0.39 is 0 Å². The van der Waals surface area contributed by atoms with Crippen molar-refractivity contribution in [3.8, 4) is 0 Å². The van der Waals surface area contributed by atoms with Gasteiger partial charge in [-0.25, -0.2) is 4.99 Å². The molecule has 7 heteroatoms. The van der Waals surface area contributed by atoms with Crippen molar-refractivity contribution in [1.29, 1.82) is 0 Å². The fourth-order valence-corrected chi connectivity index (χ4v) is 3.07. The first-order chi connectivity index (χ1) is 14.1. The highest BCUT2D eigenvalue weighted by Gasteiger charge is 2.13. The Hall–Kier alpha value is -2.83. The largest absolute Gasteiger partial charge is 0.359 e. The predicted molar refractivity (Wildman–Crippen MR) is 116 cm³/mol. The normalized spacial score (nSPS) is 11.6. The molecule has 2 rings (SSSR count). The van der Waals surface area contributed by atoms with Gasteiger partial charge in [-0.2, -0.15) is 0 Å². The first kappa shape index (κ1) is 22.5. The van der Waals surface area contributed by atoms with E-state index in [0.717, 1.165) is 36.4 Å². The van der Waals surface area contributed by atoms with Crippen LogP contribution in [0.25, 0.3) is 0 Å². The highest BCUT2D eigenvalue weighted by atomic mass is 16.5. The third-order valence-electron chi connectivity index (χ3n) is 4.70. The zero-order valence-corrected chi connectivity index (χ0v) is 17.9. The number of nitrogens with one attached hydrogen (secondary N) is 3. The second-order valence-electron chi connectivity index (χ2n) is 6.84. The van der Waals surface area contributed by atoms with Crippen molar-refractivity contribution >= 4 is 11.9 Å². The minimum absolute atomic E-state index is 0.0676. The summed E-state index contributed by atoms with van der Waals surface area (Å²) in [7, 11) is 0. The van der Waals surface area contributed by atoms with E-state index in [9.17, 15) is 4.79 Å². The smallest absolute Gasteiger partial charge is 0.251 e. The molecule has 0 saturated heterocycles. The van der Waals surface area contributed by atoms with Gasteiger partial charge in [-0.05, 0) is 44.4 Å². The fraction of sp³-hybridized carbons (Fsp3) is 0.500. The lowest BCUT2D eigenvalue weighted by molar-refractivity contribution is 0.0955. The molecule has 0 aliphatic rings. The van der Waals surface area contributed by atoms with Crippen molar-refractivity contribution in [2.75, 3.05) is 13.1 Å². The molecular formula is C22H33N5O2. The number of carbonyl (C=O) groups is 1. The van der Waals surface area contributed by atoms with Gasteiger partial charge in [0.25, 0.3) is 5.91 Å². The molecule has 1 aromatic carbocycles. The molecule has 29 heavy (non-hydrogen) atoms. The Kier molecular flexibility index (Phi) is 9.21. The Balaban J connectivity index is 2.00. The maximum absolute atomic E-state index is 12.0. The van der Waals surface area contributed by atoms with Crippen LogP contribution in [0.2, 0.25) is 0 Å². The fourth-order valence-electron chi connectivity index (χ4n) is 3.07. The van der Waals surface area contributed by atoms with Crippen molar-refractivity contribution in [2.24, 2.45) is 4.99 Å². The van der Waals surface area contributed by atoms with E-state index in [1.54, 1.807) is 0 Å². The van der Waals surface area contributed by atoms with E-state index in [1.165, 1.54) is 0 Å². The molecule has 7 nitrogen and oxygen atoms in total. The van der Waals surface area contributed by atoms with Crippen molar-refractivity contribution in [1.82, 2.24) is 21.1 Å². The lowest BCUT2D eigenvalue weighted by Gasteiger charge is -2.10. The van der Waals surface area contributed by atoms with Gasteiger partial charge in [-0.3, -0.25) is 4.79 Å². The number of nitrogens with zero attached hydrogens (tertiary/aromatic N) is 2. The van der Waals surface area contributed by atoms with Crippen LogP contribution in [0.5, 0.6) is 0 Å². The highest BCUT2D eigenvalue weighted by Crippen LogP contribution is 2.22. The van der Waals surface area contributed by atoms with Crippen LogP contribution < -0.4 is 16.0 Å². The minimum Gasteiger partial charge on any atom is -0.359 e. The SMILES string of the molecule is CCNC(=O)c1cccc(CN=C(NCC)NCc2cc(C(CC)CC)no2)c1. The summed E-state index contributed by atoms with van der Waals surface area (Å²) in [6.45, 7) is 10.6. The van der Waals surface area contributed by atoms with E-state index in [1.807, 2.05) is 44.2 Å². The Labute approximate surface area is 173 Å². The topological polar surface area (TPSA) is 91.5 Å². The molecule has 1 amide bonds. The number of hydrogen-bond acceptors (Lipinski definition) is 4. The first-order valence-corrected chi connectivity index (χ1v) is 10.5. The van der Waals surface area contributed by atoms with Crippen LogP contribution in [0.1, 0.15) is 73.8 Å². The third-order valence-corrected chi connectivity index (χ3v) is 4.70. The van der Waals surface area contributed by atoms with Crippen molar-refractivity contribution in [3.05, 3.63) is 52.9 Å². The lowest BCUT2D eigenvalue weighted by Crippen LogP contribution is -2.36. The number of amides is 1. The molecule has 0 aliphatic heterocycles. The van der Waals surface area contributed by atoms with E-state index in [4.69, 9.17) is 4.52 Å². The Morgan fingerprint density at radius 3 is 2.52 bits per heavy atom. The number of aliphatic imine (C=N–C) groups is 1. The predicted octanol–water partition coefficient (Wildman–Crippen LogP) is 3.58. The number of rotatable bonds is 10. The number of carbonyl (C=O) groups excluding carboxylic acids is 1. The second-order valence-corrected chi connectivity index (χ2v) is 6.84. The molecule has 2 aromatic rings. The van der Waals surface area contributed by atoms with Crippen LogP contribution in [0.3, 0.4) is 0 Å². The molecule has 1 aromatic heterocycles. The zero-order chi connectivity index (χ0) is 21.1. The first-order valence-electron chi connectivity index (χ1n) is 10.5. The Morgan fingerprint density at radius 2 is 1.83 bits per heavy atom. The molecular weight excluding hydrogens is 366 g/mol. The van der Waals surface area contributed by atoms with E-state index in [-0.39, 0.29) is 5.91 Å². The zero-order valence-electron chi connectivity index (χ0n) is 17.9. The highest BCUT2D eigenvalue weighted by molar-refractivity contribution is 5.94. The summed E-state index contributed by atoms with van der Waals surface area (Å²) in [6.07, 6.45) is 2.10. The molecule has 3 N–H and O–H groups in total. The maximum atomic E-state index is 12.0. The van der Waals surface area contributed by atoms with Gasteiger partial charge < -0.3 is 20.5 Å². The van der Waals surface area contributed by atoms with E-state index in [0.29, 0.717) is 37.1 Å². The lowest BCUT2D eigenvalue weighted by atomic mass is 9.99. The van der Waals surface area contributed by atoms with Gasteiger partial charge >= 0.3 is 0 Å². The van der Waals surface area contributed by atoms with Crippen molar-refractivity contribution < 1.29 is 9.32 Å². The molecule has 0 aliphatic carbocycles. The number of benzene rings is 1. The van der Waals surface area contributed by atoms with Crippen molar-refractivity contribution in [2.45, 2.75) is 59.5 Å². The average Bonchev–Trinajstić information content (AvgIpc) is 3.20. The van der Waals surface area contributed by atoms with Gasteiger partial charge in [-0.1, -0.05) is 31.1 Å². The standard InChI is InChI=1S/C22H33N5O2/c1-5-17(6-2)20-13-19(29-27-20)15-26-22(24-8-4)25-14-16-10-9-11-18(12-16)21(28)23-7-3/h9-13,17H,5-8,14-15H2,1-4H3,(H,23,28)(H2,24,25,26). The Morgan fingerprint density at radius 1 is 1.07 bits per heavy atom. The maximum Gasteiger partial charge on any atom is 0.251 e. The van der Waals surface area contributed by atoms with Crippen LogP contribution in [0.4, 0.5) is 0 Å². The van der Waals surface area contributed by atoms with E-state index >= 15 is 0 Å². The number of aromatic nitrogens is 1. The van der Waals surface area contributed by atoms with Gasteiger partial charge in [0, 0.05) is 30.6 Å². The summed E-state index contributed by atoms with van der Waals surface area (Å²) in [6, 6.07) is 9.54. The van der Waals surface area contributed by atoms with Gasteiger partial charge in [0.05, 0.1) is 18.8 Å². The van der Waals surface area contributed by atoms with Crippen LogP contribution in [-0.2, 0) is 13.1 Å². The average molecular weight is 400 g/mol. The summed E-state index contributed by atoms with van der Waals surface area (Å²) >= 11 is 0. The van der Waals surface area contributed by atoms with Crippen LogP contribution in [-0.4, -0.2) is 30.1 Å². The number of hydrogen-bond donors (Lipinski definition) is 3. The van der Waals surface area contributed by atoms with Crippen LogP contribution in [0, 0.1) is 0 Å². The van der Waals surface area contributed by atoms with Gasteiger partial charge in [0.2, 0.25) is 0 Å².